The number of nitrogens with zero attached hydrogens (tertiary/aromatic N) is 1. The fourth-order valence-electron chi connectivity index (χ4n) is 2.13. The first-order chi connectivity index (χ1) is 9.55. The van der Waals surface area contributed by atoms with E-state index in [-0.39, 0.29) is 0 Å². The van der Waals surface area contributed by atoms with Gasteiger partial charge in [-0.25, -0.2) is 13.1 Å². The van der Waals surface area contributed by atoms with Crippen molar-refractivity contribution in [3.63, 3.8) is 0 Å². The smallest absolute Gasteiger partial charge is 0.242 e. The van der Waals surface area contributed by atoms with Crippen LogP contribution in [0.1, 0.15) is 51.6 Å². The van der Waals surface area contributed by atoms with Crippen LogP contribution in [0, 0.1) is 0 Å². The van der Waals surface area contributed by atoms with Crippen LogP contribution in [0.5, 0.6) is 0 Å². The minimum absolute atomic E-state index is 0.321. The van der Waals surface area contributed by atoms with Crippen molar-refractivity contribution in [2.45, 2.75) is 63.9 Å². The fourth-order valence-corrected chi connectivity index (χ4v) is 3.27. The van der Waals surface area contributed by atoms with Gasteiger partial charge >= 0.3 is 0 Å². The van der Waals surface area contributed by atoms with Gasteiger partial charge in [-0.05, 0) is 18.9 Å². The lowest BCUT2D eigenvalue weighted by Crippen LogP contribution is -2.24. The average Bonchev–Trinajstić information content (AvgIpc) is 2.83. The maximum Gasteiger partial charge on any atom is 0.242 e. The zero-order chi connectivity index (χ0) is 15.0. The van der Waals surface area contributed by atoms with Crippen LogP contribution in [0.15, 0.2) is 17.2 Å². The van der Waals surface area contributed by atoms with Crippen molar-refractivity contribution in [1.29, 1.82) is 0 Å². The van der Waals surface area contributed by atoms with Gasteiger partial charge in [-0.15, -0.1) is 0 Å². The Morgan fingerprint density at radius 3 is 2.55 bits per heavy atom. The summed E-state index contributed by atoms with van der Waals surface area (Å²) >= 11 is 0. The third kappa shape index (κ3) is 4.92. The van der Waals surface area contributed by atoms with Gasteiger partial charge in [0, 0.05) is 31.5 Å². The number of sulfonamides is 1. The molecule has 1 aromatic heterocycles. The van der Waals surface area contributed by atoms with Crippen molar-refractivity contribution >= 4 is 10.0 Å². The summed E-state index contributed by atoms with van der Waals surface area (Å²) in [6, 6.07) is 1.67. The van der Waals surface area contributed by atoms with Crippen molar-refractivity contribution in [2.24, 2.45) is 5.73 Å². The number of hydrogen-bond acceptors (Lipinski definition) is 3. The maximum absolute atomic E-state index is 12.2. The van der Waals surface area contributed by atoms with Crippen LogP contribution in [0.3, 0.4) is 0 Å². The monoisotopic (exact) mass is 301 g/mol. The Labute approximate surface area is 122 Å². The quantitative estimate of drug-likeness (QED) is 0.650. The van der Waals surface area contributed by atoms with E-state index in [0.717, 1.165) is 44.3 Å². The summed E-state index contributed by atoms with van der Waals surface area (Å²) in [7, 11) is -3.40. The third-order valence-corrected chi connectivity index (χ3v) is 4.70. The predicted octanol–water partition coefficient (Wildman–Crippen LogP) is 2.22. The standard InChI is InChI=1S/C14H27N3O2S/c1-3-5-6-7-8-16-20(18,19)14-10-13(11-15)17(12-14)9-4-2/h10,12,16H,3-9,11,15H2,1-2H3. The molecule has 0 saturated carbocycles. The second kappa shape index (κ2) is 8.44. The van der Waals surface area contributed by atoms with Gasteiger partial charge in [-0.2, -0.15) is 0 Å². The van der Waals surface area contributed by atoms with Crippen LogP contribution >= 0.6 is 0 Å². The van der Waals surface area contributed by atoms with Crippen molar-refractivity contribution in [1.82, 2.24) is 9.29 Å². The molecule has 0 atom stereocenters. The minimum Gasteiger partial charge on any atom is -0.349 e. The number of rotatable bonds is 10. The SMILES string of the molecule is CCCCCCNS(=O)(=O)c1cc(CN)n(CCC)c1. The average molecular weight is 301 g/mol. The number of hydrogen-bond donors (Lipinski definition) is 2. The first-order valence-corrected chi connectivity index (χ1v) is 8.92. The molecule has 116 valence electrons. The molecule has 0 fully saturated rings. The molecule has 0 unspecified atom stereocenters. The van der Waals surface area contributed by atoms with E-state index < -0.39 is 10.0 Å². The first kappa shape index (κ1) is 17.2. The highest BCUT2D eigenvalue weighted by molar-refractivity contribution is 7.89. The number of nitrogens with one attached hydrogen (secondary N) is 1. The molecule has 1 heterocycles. The van der Waals surface area contributed by atoms with Crippen LogP contribution in [0.25, 0.3) is 0 Å². The zero-order valence-electron chi connectivity index (χ0n) is 12.6. The molecular weight excluding hydrogens is 274 g/mol. The summed E-state index contributed by atoms with van der Waals surface area (Å²) in [5.41, 5.74) is 6.52. The second-order valence-electron chi connectivity index (χ2n) is 5.02. The molecule has 0 bridgehead atoms. The largest absolute Gasteiger partial charge is 0.349 e. The molecule has 1 rings (SSSR count). The summed E-state index contributed by atoms with van der Waals surface area (Å²) in [4.78, 5) is 0.321. The Balaban J connectivity index is 2.67. The highest BCUT2D eigenvalue weighted by Gasteiger charge is 2.17. The Morgan fingerprint density at radius 1 is 1.20 bits per heavy atom. The second-order valence-corrected chi connectivity index (χ2v) is 6.79. The molecule has 0 radical (unpaired) electrons. The van der Waals surface area contributed by atoms with Crippen LogP contribution in [-0.2, 0) is 23.1 Å². The summed E-state index contributed by atoms with van der Waals surface area (Å²) in [5.74, 6) is 0. The maximum atomic E-state index is 12.2. The summed E-state index contributed by atoms with van der Waals surface area (Å²) in [6.07, 6.45) is 6.86. The van der Waals surface area contributed by atoms with Crippen LogP contribution < -0.4 is 10.5 Å². The number of unbranched alkanes of at least 4 members (excludes halogenated alkanes) is 3. The van der Waals surface area contributed by atoms with Gasteiger partial charge in [0.05, 0.1) is 4.90 Å². The van der Waals surface area contributed by atoms with Gasteiger partial charge in [0.2, 0.25) is 10.0 Å². The minimum atomic E-state index is -3.40. The molecule has 0 aromatic carbocycles. The molecule has 20 heavy (non-hydrogen) atoms. The van der Waals surface area contributed by atoms with Crippen LogP contribution in [0.2, 0.25) is 0 Å². The van der Waals surface area contributed by atoms with E-state index in [1.807, 2.05) is 4.57 Å². The van der Waals surface area contributed by atoms with Crippen LogP contribution in [0.4, 0.5) is 0 Å². The van der Waals surface area contributed by atoms with Gasteiger partial charge in [0.1, 0.15) is 0 Å². The van der Waals surface area contributed by atoms with E-state index in [1.54, 1.807) is 12.3 Å². The van der Waals surface area contributed by atoms with Gasteiger partial charge < -0.3 is 10.3 Å². The zero-order valence-corrected chi connectivity index (χ0v) is 13.4. The van der Waals surface area contributed by atoms with Crippen molar-refractivity contribution in [3.05, 3.63) is 18.0 Å². The summed E-state index contributed by atoms with van der Waals surface area (Å²) in [6.45, 7) is 5.83. The number of aryl methyl sites for hydroxylation is 1. The topological polar surface area (TPSA) is 77.1 Å². The van der Waals surface area contributed by atoms with Crippen molar-refractivity contribution in [3.8, 4) is 0 Å². The third-order valence-electron chi connectivity index (χ3n) is 3.27. The Morgan fingerprint density at radius 2 is 1.95 bits per heavy atom. The Kier molecular flexibility index (Phi) is 7.26. The van der Waals surface area contributed by atoms with E-state index >= 15 is 0 Å². The van der Waals surface area contributed by atoms with Crippen molar-refractivity contribution in [2.75, 3.05) is 6.54 Å². The van der Waals surface area contributed by atoms with E-state index in [1.165, 1.54) is 0 Å². The molecule has 0 spiro atoms. The Bertz CT molecular complexity index is 495. The van der Waals surface area contributed by atoms with E-state index in [9.17, 15) is 8.42 Å². The lowest BCUT2D eigenvalue weighted by atomic mass is 10.2. The molecule has 3 N–H and O–H groups in total. The fraction of sp³-hybridized carbons (Fsp3) is 0.714. The predicted molar refractivity (Wildman–Crippen MR) is 81.9 cm³/mol. The molecule has 0 saturated heterocycles. The summed E-state index contributed by atoms with van der Waals surface area (Å²) < 4.78 is 29.0. The highest BCUT2D eigenvalue weighted by Crippen LogP contribution is 2.15. The molecular formula is C14H27N3O2S. The molecule has 1 aromatic rings. The van der Waals surface area contributed by atoms with Gasteiger partial charge in [0.25, 0.3) is 0 Å². The molecule has 0 aliphatic heterocycles. The highest BCUT2D eigenvalue weighted by atomic mass is 32.2. The molecule has 0 aliphatic rings. The normalized spacial score (nSPS) is 11.9. The first-order valence-electron chi connectivity index (χ1n) is 7.44. The number of aromatic nitrogens is 1. The molecule has 0 aliphatic carbocycles. The van der Waals surface area contributed by atoms with E-state index in [4.69, 9.17) is 5.73 Å². The van der Waals surface area contributed by atoms with Crippen LogP contribution in [-0.4, -0.2) is 19.5 Å². The van der Waals surface area contributed by atoms with Crippen molar-refractivity contribution < 1.29 is 8.42 Å². The van der Waals surface area contributed by atoms with Gasteiger partial charge in [-0.3, -0.25) is 0 Å². The van der Waals surface area contributed by atoms with Gasteiger partial charge in [0.15, 0.2) is 0 Å². The molecule has 0 amide bonds. The Hall–Kier alpha value is -0.850. The van der Waals surface area contributed by atoms with E-state index in [0.29, 0.717) is 18.0 Å². The van der Waals surface area contributed by atoms with Gasteiger partial charge in [-0.1, -0.05) is 33.1 Å². The summed E-state index contributed by atoms with van der Waals surface area (Å²) in [5, 5.41) is 0. The molecule has 6 heteroatoms. The van der Waals surface area contributed by atoms with E-state index in [2.05, 4.69) is 18.6 Å². The lowest BCUT2D eigenvalue weighted by Gasteiger charge is -2.05. The number of nitrogens with two attached hydrogens (primary N) is 1. The lowest BCUT2D eigenvalue weighted by molar-refractivity contribution is 0.573. The molecule has 5 nitrogen and oxygen atoms in total.